The number of fused-ring (bicyclic) bond motifs is 1. The number of likely N-dealkylation sites (tertiary alicyclic amines) is 1. The van der Waals surface area contributed by atoms with Gasteiger partial charge >= 0.3 is 0 Å². The summed E-state index contributed by atoms with van der Waals surface area (Å²) in [6.07, 6.45) is 1.06. The highest BCUT2D eigenvalue weighted by molar-refractivity contribution is 5.84. The minimum Gasteiger partial charge on any atom is -0.375 e. The van der Waals surface area contributed by atoms with Crippen LogP contribution in [-0.4, -0.2) is 61.0 Å². The summed E-state index contributed by atoms with van der Waals surface area (Å²) in [4.78, 5) is 28.4. The van der Waals surface area contributed by atoms with E-state index in [1.807, 2.05) is 35.2 Å². The lowest BCUT2D eigenvalue weighted by Gasteiger charge is -2.22. The molecule has 0 unspecified atom stereocenters. The Morgan fingerprint density at radius 2 is 2.00 bits per heavy atom. The predicted molar refractivity (Wildman–Crippen MR) is 82.2 cm³/mol. The zero-order valence-electron chi connectivity index (χ0n) is 13.1. The third kappa shape index (κ3) is 2.73. The van der Waals surface area contributed by atoms with Crippen molar-refractivity contribution in [3.8, 4) is 0 Å². The molecule has 3 rings (SSSR count). The summed E-state index contributed by atoms with van der Waals surface area (Å²) >= 11 is 0. The monoisotopic (exact) mass is 302 g/mol. The van der Waals surface area contributed by atoms with Gasteiger partial charge in [-0.2, -0.15) is 0 Å². The molecule has 1 aromatic carbocycles. The van der Waals surface area contributed by atoms with Crippen LogP contribution >= 0.6 is 0 Å². The number of nitrogens with zero attached hydrogens (tertiary/aromatic N) is 2. The first-order chi connectivity index (χ1) is 10.6. The van der Waals surface area contributed by atoms with Crippen molar-refractivity contribution in [1.82, 2.24) is 9.80 Å². The van der Waals surface area contributed by atoms with Crippen LogP contribution in [0.1, 0.15) is 12.0 Å². The van der Waals surface area contributed by atoms with Crippen molar-refractivity contribution < 1.29 is 14.3 Å². The van der Waals surface area contributed by atoms with E-state index in [0.29, 0.717) is 19.6 Å². The van der Waals surface area contributed by atoms with Gasteiger partial charge in [-0.1, -0.05) is 30.3 Å². The standard InChI is InChI=1S/C17H22N2O3/c1-18(2)17(21)13-11-19(14-8-9-22-16(13)14)15(20)10-12-6-4-3-5-7-12/h3-7,13-14,16H,8-11H2,1-2H3/t13-,14-,16-/m0/s1. The number of benzene rings is 1. The Bertz CT molecular complexity index is 558. The molecule has 0 radical (unpaired) electrons. The Labute approximate surface area is 130 Å². The summed E-state index contributed by atoms with van der Waals surface area (Å²) in [6.45, 7) is 1.10. The highest BCUT2D eigenvalue weighted by Crippen LogP contribution is 2.34. The van der Waals surface area contributed by atoms with Gasteiger partial charge in [0.1, 0.15) is 0 Å². The molecule has 2 heterocycles. The van der Waals surface area contributed by atoms with Crippen LogP contribution in [0, 0.1) is 5.92 Å². The summed E-state index contributed by atoms with van der Waals surface area (Å²) in [5.41, 5.74) is 1.00. The SMILES string of the molecule is CN(C)C(=O)[C@H]1CN(C(=O)Cc2ccccc2)[C@H]2CCO[C@@H]12. The van der Waals surface area contributed by atoms with Crippen LogP contribution in [0.2, 0.25) is 0 Å². The number of carbonyl (C=O) groups excluding carboxylic acids is 2. The molecule has 2 amide bonds. The fourth-order valence-electron chi connectivity index (χ4n) is 3.48. The van der Waals surface area contributed by atoms with Gasteiger partial charge in [0.05, 0.1) is 24.5 Å². The summed E-state index contributed by atoms with van der Waals surface area (Å²) in [7, 11) is 3.50. The van der Waals surface area contributed by atoms with E-state index in [-0.39, 0.29) is 29.9 Å². The lowest BCUT2D eigenvalue weighted by molar-refractivity contribution is -0.135. The molecule has 2 aliphatic rings. The molecule has 2 fully saturated rings. The zero-order chi connectivity index (χ0) is 15.7. The van der Waals surface area contributed by atoms with E-state index >= 15 is 0 Å². The second kappa shape index (κ2) is 6.08. The lowest BCUT2D eigenvalue weighted by atomic mass is 10.0. The number of hydrogen-bond donors (Lipinski definition) is 0. The second-order valence-corrected chi connectivity index (χ2v) is 6.24. The van der Waals surface area contributed by atoms with E-state index in [0.717, 1.165) is 12.0 Å². The van der Waals surface area contributed by atoms with Crippen LogP contribution in [0.15, 0.2) is 30.3 Å². The lowest BCUT2D eigenvalue weighted by Crippen LogP contribution is -2.38. The van der Waals surface area contributed by atoms with Gasteiger partial charge in [0.15, 0.2) is 0 Å². The fourth-order valence-corrected chi connectivity index (χ4v) is 3.48. The highest BCUT2D eigenvalue weighted by Gasteiger charge is 2.50. The van der Waals surface area contributed by atoms with E-state index in [4.69, 9.17) is 4.74 Å². The third-order valence-electron chi connectivity index (χ3n) is 4.57. The molecule has 1 aromatic rings. The van der Waals surface area contributed by atoms with Crippen LogP contribution in [-0.2, 0) is 20.7 Å². The van der Waals surface area contributed by atoms with Crippen molar-refractivity contribution in [2.45, 2.75) is 25.0 Å². The molecule has 0 saturated carbocycles. The van der Waals surface area contributed by atoms with Crippen molar-refractivity contribution in [2.24, 2.45) is 5.92 Å². The summed E-state index contributed by atoms with van der Waals surface area (Å²) in [5, 5.41) is 0. The molecule has 3 atom stereocenters. The van der Waals surface area contributed by atoms with E-state index < -0.39 is 0 Å². The van der Waals surface area contributed by atoms with Gasteiger partial charge in [-0.3, -0.25) is 9.59 Å². The van der Waals surface area contributed by atoms with Crippen molar-refractivity contribution in [2.75, 3.05) is 27.2 Å². The molecule has 2 aliphatic heterocycles. The van der Waals surface area contributed by atoms with E-state index in [1.165, 1.54) is 0 Å². The van der Waals surface area contributed by atoms with Gasteiger partial charge in [0, 0.05) is 27.2 Å². The minimum atomic E-state index is -0.234. The molecule has 5 heteroatoms. The third-order valence-corrected chi connectivity index (χ3v) is 4.57. The van der Waals surface area contributed by atoms with Crippen molar-refractivity contribution in [1.29, 1.82) is 0 Å². The number of hydrogen-bond acceptors (Lipinski definition) is 3. The van der Waals surface area contributed by atoms with Crippen LogP contribution in [0.4, 0.5) is 0 Å². The maximum absolute atomic E-state index is 12.6. The van der Waals surface area contributed by atoms with Gasteiger partial charge in [-0.25, -0.2) is 0 Å². The first kappa shape index (κ1) is 15.0. The van der Waals surface area contributed by atoms with E-state index in [9.17, 15) is 9.59 Å². The van der Waals surface area contributed by atoms with Crippen molar-refractivity contribution in [3.05, 3.63) is 35.9 Å². The van der Waals surface area contributed by atoms with E-state index in [1.54, 1.807) is 19.0 Å². The molecule has 5 nitrogen and oxygen atoms in total. The average molecular weight is 302 g/mol. The van der Waals surface area contributed by atoms with Gasteiger partial charge in [-0.05, 0) is 12.0 Å². The van der Waals surface area contributed by atoms with Gasteiger partial charge in [0.2, 0.25) is 11.8 Å². The maximum atomic E-state index is 12.6. The van der Waals surface area contributed by atoms with Crippen molar-refractivity contribution >= 4 is 11.8 Å². The molecule has 0 aromatic heterocycles. The number of rotatable bonds is 3. The molecular weight excluding hydrogens is 280 g/mol. The maximum Gasteiger partial charge on any atom is 0.229 e. The highest BCUT2D eigenvalue weighted by atomic mass is 16.5. The quantitative estimate of drug-likeness (QED) is 0.835. The molecule has 0 bridgehead atoms. The minimum absolute atomic E-state index is 0.0464. The van der Waals surface area contributed by atoms with Gasteiger partial charge < -0.3 is 14.5 Å². The predicted octanol–water partition coefficient (Wildman–Crippen LogP) is 0.933. The molecule has 2 saturated heterocycles. The summed E-state index contributed by atoms with van der Waals surface area (Å²) in [5.74, 6) is -0.102. The fraction of sp³-hybridized carbons (Fsp3) is 0.529. The number of carbonyl (C=O) groups is 2. The van der Waals surface area contributed by atoms with Crippen LogP contribution in [0.3, 0.4) is 0 Å². The number of ether oxygens (including phenoxy) is 1. The summed E-state index contributed by atoms with van der Waals surface area (Å²) in [6, 6.07) is 9.78. The molecule has 0 aliphatic carbocycles. The molecular formula is C17H22N2O3. The normalized spacial score (nSPS) is 26.8. The number of amides is 2. The first-order valence-electron chi connectivity index (χ1n) is 7.74. The van der Waals surface area contributed by atoms with Crippen LogP contribution in [0.5, 0.6) is 0 Å². The summed E-state index contributed by atoms with van der Waals surface area (Å²) < 4.78 is 5.75. The largest absolute Gasteiger partial charge is 0.375 e. The topological polar surface area (TPSA) is 49.9 Å². The smallest absolute Gasteiger partial charge is 0.229 e. The average Bonchev–Trinajstić information content (AvgIpc) is 3.09. The Morgan fingerprint density at radius 1 is 1.27 bits per heavy atom. The zero-order valence-corrected chi connectivity index (χ0v) is 13.1. The Balaban J connectivity index is 1.74. The van der Waals surface area contributed by atoms with E-state index in [2.05, 4.69) is 0 Å². The second-order valence-electron chi connectivity index (χ2n) is 6.24. The van der Waals surface area contributed by atoms with Gasteiger partial charge in [-0.15, -0.1) is 0 Å². The van der Waals surface area contributed by atoms with Crippen LogP contribution in [0.25, 0.3) is 0 Å². The Hall–Kier alpha value is -1.88. The van der Waals surface area contributed by atoms with Crippen LogP contribution < -0.4 is 0 Å². The Kier molecular flexibility index (Phi) is 4.16. The first-order valence-corrected chi connectivity index (χ1v) is 7.74. The molecule has 22 heavy (non-hydrogen) atoms. The Morgan fingerprint density at radius 3 is 2.68 bits per heavy atom. The van der Waals surface area contributed by atoms with Crippen molar-refractivity contribution in [3.63, 3.8) is 0 Å². The van der Waals surface area contributed by atoms with Gasteiger partial charge in [0.25, 0.3) is 0 Å². The molecule has 118 valence electrons. The molecule has 0 spiro atoms. The molecule has 0 N–H and O–H groups in total.